The van der Waals surface area contributed by atoms with E-state index in [1.807, 2.05) is 31.4 Å². The number of nitrogens with one attached hydrogen (secondary N) is 1. The first kappa shape index (κ1) is 14.6. The summed E-state index contributed by atoms with van der Waals surface area (Å²) in [5.74, 6) is 1.89. The third kappa shape index (κ3) is 2.70. The molecule has 3 aromatic rings. The van der Waals surface area contributed by atoms with Crippen molar-refractivity contribution < 1.29 is 5.11 Å². The first-order valence-electron chi connectivity index (χ1n) is 7.76. The van der Waals surface area contributed by atoms with Gasteiger partial charge in [0.2, 0.25) is 0 Å². The number of hydrogen-bond acceptors (Lipinski definition) is 6. The lowest BCUT2D eigenvalue weighted by atomic mass is 10.0. The van der Waals surface area contributed by atoms with Crippen molar-refractivity contribution in [1.29, 1.82) is 0 Å². The standard InChI is InChI=1S/C16H19N5OS/c1-9-5-12(20-19-9)6-11-7-21(8-14(11)22)16-15-13(3-4-23-15)17-10(2)18-16/h3-5,11,14,22H,6-8H2,1-2H3,(H,19,20)/t11-,14-/m1/s1. The van der Waals surface area contributed by atoms with Gasteiger partial charge in [0.1, 0.15) is 11.6 Å². The Morgan fingerprint density at radius 3 is 3.00 bits per heavy atom. The molecule has 7 heteroatoms. The van der Waals surface area contributed by atoms with Crippen molar-refractivity contribution in [3.8, 4) is 0 Å². The van der Waals surface area contributed by atoms with Gasteiger partial charge in [-0.3, -0.25) is 5.10 Å². The Balaban J connectivity index is 1.59. The van der Waals surface area contributed by atoms with Gasteiger partial charge in [-0.1, -0.05) is 0 Å². The summed E-state index contributed by atoms with van der Waals surface area (Å²) in [4.78, 5) is 11.3. The van der Waals surface area contributed by atoms with E-state index >= 15 is 0 Å². The molecule has 1 saturated heterocycles. The van der Waals surface area contributed by atoms with E-state index in [2.05, 4.69) is 25.1 Å². The van der Waals surface area contributed by atoms with Crippen LogP contribution in [-0.2, 0) is 6.42 Å². The number of aliphatic hydroxyl groups is 1. The van der Waals surface area contributed by atoms with E-state index in [4.69, 9.17) is 0 Å². The molecule has 0 aliphatic carbocycles. The number of aliphatic hydroxyl groups excluding tert-OH is 1. The number of aromatic amines is 1. The molecule has 1 fully saturated rings. The molecule has 6 nitrogen and oxygen atoms in total. The Labute approximate surface area is 138 Å². The van der Waals surface area contributed by atoms with E-state index in [0.29, 0.717) is 6.54 Å². The maximum absolute atomic E-state index is 10.5. The summed E-state index contributed by atoms with van der Waals surface area (Å²) in [5.41, 5.74) is 3.04. The topological polar surface area (TPSA) is 77.9 Å². The van der Waals surface area contributed by atoms with Crippen LogP contribution in [0, 0.1) is 19.8 Å². The highest BCUT2D eigenvalue weighted by Crippen LogP contribution is 2.33. The number of aromatic nitrogens is 4. The van der Waals surface area contributed by atoms with E-state index in [-0.39, 0.29) is 12.0 Å². The van der Waals surface area contributed by atoms with Crippen LogP contribution in [0.2, 0.25) is 0 Å². The lowest BCUT2D eigenvalue weighted by Crippen LogP contribution is -2.22. The van der Waals surface area contributed by atoms with Crippen molar-refractivity contribution in [3.63, 3.8) is 0 Å². The fraction of sp³-hybridized carbons (Fsp3) is 0.438. The average molecular weight is 329 g/mol. The van der Waals surface area contributed by atoms with Gasteiger partial charge >= 0.3 is 0 Å². The van der Waals surface area contributed by atoms with E-state index in [9.17, 15) is 5.11 Å². The summed E-state index contributed by atoms with van der Waals surface area (Å²) in [6.07, 6.45) is 0.414. The van der Waals surface area contributed by atoms with Gasteiger partial charge in [-0.15, -0.1) is 11.3 Å². The van der Waals surface area contributed by atoms with Gasteiger partial charge < -0.3 is 10.0 Å². The van der Waals surface area contributed by atoms with Crippen molar-refractivity contribution in [2.45, 2.75) is 26.4 Å². The summed E-state index contributed by atoms with van der Waals surface area (Å²) < 4.78 is 1.10. The summed E-state index contributed by atoms with van der Waals surface area (Å²) in [7, 11) is 0. The minimum absolute atomic E-state index is 0.169. The monoisotopic (exact) mass is 329 g/mol. The fourth-order valence-electron chi connectivity index (χ4n) is 3.25. The lowest BCUT2D eigenvalue weighted by molar-refractivity contribution is 0.148. The Hall–Kier alpha value is -1.99. The second-order valence-electron chi connectivity index (χ2n) is 6.21. The van der Waals surface area contributed by atoms with Gasteiger partial charge in [-0.25, -0.2) is 9.97 Å². The van der Waals surface area contributed by atoms with Gasteiger partial charge in [0.25, 0.3) is 0 Å². The molecule has 1 aliphatic rings. The summed E-state index contributed by atoms with van der Waals surface area (Å²) >= 11 is 1.65. The van der Waals surface area contributed by atoms with Crippen molar-refractivity contribution >= 4 is 27.4 Å². The molecular weight excluding hydrogens is 310 g/mol. The molecule has 0 unspecified atom stereocenters. The molecule has 2 atom stereocenters. The van der Waals surface area contributed by atoms with Crippen LogP contribution in [0.4, 0.5) is 5.82 Å². The summed E-state index contributed by atoms with van der Waals surface area (Å²) in [5, 5.41) is 19.8. The molecular formula is C16H19N5OS. The van der Waals surface area contributed by atoms with Gasteiger partial charge in [0, 0.05) is 24.7 Å². The van der Waals surface area contributed by atoms with Crippen molar-refractivity contribution in [1.82, 2.24) is 20.2 Å². The van der Waals surface area contributed by atoms with Crippen LogP contribution in [0.15, 0.2) is 17.5 Å². The van der Waals surface area contributed by atoms with Crippen LogP contribution in [-0.4, -0.2) is 44.5 Å². The molecule has 3 aromatic heterocycles. The van der Waals surface area contributed by atoms with E-state index in [1.165, 1.54) is 0 Å². The van der Waals surface area contributed by atoms with Crippen LogP contribution in [0.1, 0.15) is 17.2 Å². The molecule has 4 rings (SSSR count). The highest BCUT2D eigenvalue weighted by atomic mass is 32.1. The van der Waals surface area contributed by atoms with Gasteiger partial charge in [0.15, 0.2) is 0 Å². The SMILES string of the molecule is Cc1nc(N2C[C@@H](Cc3cc(C)[nH]n3)[C@H](O)C2)c2sccc2n1. The number of hydrogen-bond donors (Lipinski definition) is 2. The molecule has 120 valence electrons. The Kier molecular flexibility index (Phi) is 3.54. The van der Waals surface area contributed by atoms with Gasteiger partial charge in [-0.05, 0) is 37.8 Å². The molecule has 0 spiro atoms. The molecule has 0 bridgehead atoms. The first-order valence-corrected chi connectivity index (χ1v) is 8.64. The number of anilines is 1. The minimum Gasteiger partial charge on any atom is -0.391 e. The predicted octanol–water partition coefficient (Wildman–Crippen LogP) is 2.07. The summed E-state index contributed by atoms with van der Waals surface area (Å²) in [6.45, 7) is 5.30. The highest BCUT2D eigenvalue weighted by molar-refractivity contribution is 7.17. The zero-order valence-electron chi connectivity index (χ0n) is 13.2. The van der Waals surface area contributed by atoms with E-state index in [1.54, 1.807) is 11.3 Å². The van der Waals surface area contributed by atoms with E-state index in [0.717, 1.165) is 46.2 Å². The maximum Gasteiger partial charge on any atom is 0.150 e. The molecule has 23 heavy (non-hydrogen) atoms. The molecule has 4 heterocycles. The predicted molar refractivity (Wildman–Crippen MR) is 90.9 cm³/mol. The number of thiophene rings is 1. The highest BCUT2D eigenvalue weighted by Gasteiger charge is 2.33. The van der Waals surface area contributed by atoms with Crippen molar-refractivity contribution in [2.75, 3.05) is 18.0 Å². The van der Waals surface area contributed by atoms with Crippen LogP contribution in [0.5, 0.6) is 0 Å². The second kappa shape index (κ2) is 5.58. The third-order valence-electron chi connectivity index (χ3n) is 4.33. The molecule has 2 N–H and O–H groups in total. The average Bonchev–Trinajstić information content (AvgIpc) is 3.20. The van der Waals surface area contributed by atoms with Gasteiger partial charge in [0.05, 0.1) is 22.0 Å². The molecule has 0 radical (unpaired) electrons. The van der Waals surface area contributed by atoms with Crippen LogP contribution in [0.3, 0.4) is 0 Å². The second-order valence-corrected chi connectivity index (χ2v) is 7.12. The normalized spacial score (nSPS) is 21.4. The number of rotatable bonds is 3. The zero-order valence-corrected chi connectivity index (χ0v) is 14.0. The molecule has 0 aromatic carbocycles. The van der Waals surface area contributed by atoms with Crippen LogP contribution < -0.4 is 4.90 Å². The summed E-state index contributed by atoms with van der Waals surface area (Å²) in [6, 6.07) is 4.07. The maximum atomic E-state index is 10.5. The Morgan fingerprint density at radius 2 is 2.22 bits per heavy atom. The zero-order chi connectivity index (χ0) is 16.0. The first-order chi connectivity index (χ1) is 11.1. The number of fused-ring (bicyclic) bond motifs is 1. The minimum atomic E-state index is -0.364. The fourth-order valence-corrected chi connectivity index (χ4v) is 4.10. The smallest absolute Gasteiger partial charge is 0.150 e. The lowest BCUT2D eigenvalue weighted by Gasteiger charge is -2.18. The molecule has 1 aliphatic heterocycles. The Bertz CT molecular complexity index is 842. The quantitative estimate of drug-likeness (QED) is 0.769. The number of nitrogens with zero attached hydrogens (tertiary/aromatic N) is 4. The van der Waals surface area contributed by atoms with Crippen LogP contribution in [0.25, 0.3) is 10.2 Å². The van der Waals surface area contributed by atoms with Crippen LogP contribution >= 0.6 is 11.3 Å². The third-order valence-corrected chi connectivity index (χ3v) is 5.23. The largest absolute Gasteiger partial charge is 0.391 e. The van der Waals surface area contributed by atoms with E-state index < -0.39 is 0 Å². The number of H-pyrrole nitrogens is 1. The molecule has 0 saturated carbocycles. The van der Waals surface area contributed by atoms with Gasteiger partial charge in [-0.2, -0.15) is 5.10 Å². The molecule has 0 amide bonds. The van der Waals surface area contributed by atoms with Crippen molar-refractivity contribution in [2.24, 2.45) is 5.92 Å². The Morgan fingerprint density at radius 1 is 1.35 bits per heavy atom. The number of β-amino-alcohol motifs (C(OH)–C–C–N with tert-alkyl or cyclic N) is 1. The van der Waals surface area contributed by atoms with Crippen molar-refractivity contribution in [3.05, 3.63) is 34.7 Å². The number of aryl methyl sites for hydroxylation is 2.